The third-order valence-electron chi connectivity index (χ3n) is 2.46. The van der Waals surface area contributed by atoms with E-state index in [-0.39, 0.29) is 12.5 Å². The highest BCUT2D eigenvalue weighted by molar-refractivity contribution is 7.99. The van der Waals surface area contributed by atoms with Crippen LogP contribution in [0.3, 0.4) is 0 Å². The van der Waals surface area contributed by atoms with Crippen LogP contribution in [0.25, 0.3) is 0 Å². The summed E-state index contributed by atoms with van der Waals surface area (Å²) in [4.78, 5) is 12.9. The first-order valence-electron chi connectivity index (χ1n) is 5.17. The summed E-state index contributed by atoms with van der Waals surface area (Å²) < 4.78 is 0. The van der Waals surface area contributed by atoms with Crippen molar-refractivity contribution in [2.45, 2.75) is 25.8 Å². The average Bonchev–Trinajstić information content (AvgIpc) is 2.20. The lowest BCUT2D eigenvalue weighted by Gasteiger charge is -2.34. The Bertz CT molecular complexity index is 269. The zero-order chi connectivity index (χ0) is 11.1. The second-order valence-corrected chi connectivity index (χ2v) is 4.69. The molecule has 1 rings (SSSR count). The minimum Gasteiger partial charge on any atom is -0.481 e. The fourth-order valence-electron chi connectivity index (χ4n) is 1.70. The summed E-state index contributed by atoms with van der Waals surface area (Å²) in [7, 11) is 0. The third kappa shape index (κ3) is 4.59. The molecule has 1 saturated heterocycles. The SMILES string of the molecule is CC#CCCN1CCSCC1CC(=O)O. The Morgan fingerprint density at radius 2 is 2.47 bits per heavy atom. The van der Waals surface area contributed by atoms with E-state index in [4.69, 9.17) is 5.11 Å². The Morgan fingerprint density at radius 3 is 3.13 bits per heavy atom. The molecule has 84 valence electrons. The van der Waals surface area contributed by atoms with Crippen LogP contribution in [0.2, 0.25) is 0 Å². The van der Waals surface area contributed by atoms with E-state index < -0.39 is 5.97 Å². The molecule has 3 nitrogen and oxygen atoms in total. The van der Waals surface area contributed by atoms with Gasteiger partial charge in [0.15, 0.2) is 0 Å². The molecule has 0 radical (unpaired) electrons. The van der Waals surface area contributed by atoms with Crippen molar-refractivity contribution < 1.29 is 9.90 Å². The van der Waals surface area contributed by atoms with E-state index >= 15 is 0 Å². The van der Waals surface area contributed by atoms with E-state index in [1.54, 1.807) is 0 Å². The summed E-state index contributed by atoms with van der Waals surface area (Å²) in [6.45, 7) is 3.73. The van der Waals surface area contributed by atoms with Gasteiger partial charge in [0.25, 0.3) is 0 Å². The minimum atomic E-state index is -0.700. The van der Waals surface area contributed by atoms with E-state index in [1.165, 1.54) is 0 Å². The van der Waals surface area contributed by atoms with Gasteiger partial charge in [0.2, 0.25) is 0 Å². The average molecular weight is 227 g/mol. The fraction of sp³-hybridized carbons (Fsp3) is 0.727. The van der Waals surface area contributed by atoms with E-state index in [0.717, 1.165) is 31.0 Å². The normalized spacial score (nSPS) is 21.8. The molecule has 1 fully saturated rings. The first-order valence-corrected chi connectivity index (χ1v) is 6.32. The number of rotatable bonds is 4. The molecule has 0 aromatic heterocycles. The lowest BCUT2D eigenvalue weighted by Crippen LogP contribution is -2.43. The van der Waals surface area contributed by atoms with Gasteiger partial charge in [-0.05, 0) is 6.92 Å². The van der Waals surface area contributed by atoms with Gasteiger partial charge in [-0.15, -0.1) is 11.8 Å². The molecule has 1 heterocycles. The summed E-state index contributed by atoms with van der Waals surface area (Å²) in [5, 5.41) is 8.79. The second-order valence-electron chi connectivity index (χ2n) is 3.54. The van der Waals surface area contributed by atoms with Crippen LogP contribution in [0.4, 0.5) is 0 Å². The molecule has 0 bridgehead atoms. The summed E-state index contributed by atoms with van der Waals surface area (Å²) in [5.41, 5.74) is 0. The zero-order valence-corrected chi connectivity index (χ0v) is 9.85. The van der Waals surface area contributed by atoms with Gasteiger partial charge in [0.1, 0.15) is 0 Å². The lowest BCUT2D eigenvalue weighted by atomic mass is 10.2. The largest absolute Gasteiger partial charge is 0.481 e. The maximum atomic E-state index is 10.7. The number of carboxylic acid groups (broad SMARTS) is 1. The summed E-state index contributed by atoms with van der Waals surface area (Å²) >= 11 is 1.85. The van der Waals surface area contributed by atoms with Crippen molar-refractivity contribution in [3.8, 4) is 11.8 Å². The molecule has 4 heteroatoms. The lowest BCUT2D eigenvalue weighted by molar-refractivity contribution is -0.138. The number of hydrogen-bond donors (Lipinski definition) is 1. The predicted molar refractivity (Wildman–Crippen MR) is 63.0 cm³/mol. The molecular weight excluding hydrogens is 210 g/mol. The monoisotopic (exact) mass is 227 g/mol. The number of hydrogen-bond acceptors (Lipinski definition) is 3. The standard InChI is InChI=1S/C11H17NO2S/c1-2-3-4-5-12-6-7-15-9-10(12)8-11(13)14/h10H,4-9H2,1H3,(H,13,14). The van der Waals surface area contributed by atoms with Gasteiger partial charge in [-0.2, -0.15) is 11.8 Å². The molecule has 0 amide bonds. The molecule has 15 heavy (non-hydrogen) atoms. The van der Waals surface area contributed by atoms with E-state index in [0.29, 0.717) is 0 Å². The van der Waals surface area contributed by atoms with Crippen LogP contribution in [0, 0.1) is 11.8 Å². The number of aliphatic carboxylic acids is 1. The first-order chi connectivity index (χ1) is 7.24. The maximum Gasteiger partial charge on any atom is 0.304 e. The maximum absolute atomic E-state index is 10.7. The highest BCUT2D eigenvalue weighted by Gasteiger charge is 2.24. The van der Waals surface area contributed by atoms with Crippen LogP contribution >= 0.6 is 11.8 Å². The van der Waals surface area contributed by atoms with Crippen LogP contribution < -0.4 is 0 Å². The predicted octanol–water partition coefficient (Wildman–Crippen LogP) is 1.29. The Hall–Kier alpha value is -0.660. The number of carbonyl (C=O) groups is 1. The Morgan fingerprint density at radius 1 is 1.67 bits per heavy atom. The van der Waals surface area contributed by atoms with Crippen molar-refractivity contribution in [2.75, 3.05) is 24.6 Å². The highest BCUT2D eigenvalue weighted by Crippen LogP contribution is 2.18. The van der Waals surface area contributed by atoms with Crippen LogP contribution in [-0.4, -0.2) is 46.6 Å². The van der Waals surface area contributed by atoms with Gasteiger partial charge < -0.3 is 5.11 Å². The van der Waals surface area contributed by atoms with Gasteiger partial charge in [0.05, 0.1) is 6.42 Å². The summed E-state index contributed by atoms with van der Waals surface area (Å²) in [6, 6.07) is 0.194. The Kier molecular flexibility index (Phi) is 5.59. The molecule has 0 spiro atoms. The quantitative estimate of drug-likeness (QED) is 0.735. The second kappa shape index (κ2) is 6.76. The molecule has 1 N–H and O–H groups in total. The van der Waals surface area contributed by atoms with E-state index in [9.17, 15) is 4.79 Å². The molecular formula is C11H17NO2S. The van der Waals surface area contributed by atoms with Crippen LogP contribution in [0.15, 0.2) is 0 Å². The van der Waals surface area contributed by atoms with Crippen LogP contribution in [0.1, 0.15) is 19.8 Å². The van der Waals surface area contributed by atoms with Crippen molar-refractivity contribution in [3.05, 3.63) is 0 Å². The minimum absolute atomic E-state index is 0.194. The van der Waals surface area contributed by atoms with E-state index in [1.807, 2.05) is 18.7 Å². The smallest absolute Gasteiger partial charge is 0.304 e. The molecule has 1 atom stereocenters. The van der Waals surface area contributed by atoms with Crippen LogP contribution in [0.5, 0.6) is 0 Å². The molecule has 1 aliphatic heterocycles. The summed E-state index contributed by atoms with van der Waals surface area (Å²) in [5.74, 6) is 7.23. The first kappa shape index (κ1) is 12.4. The number of carboxylic acids is 1. The fourth-order valence-corrected chi connectivity index (χ4v) is 2.83. The zero-order valence-electron chi connectivity index (χ0n) is 9.03. The van der Waals surface area contributed by atoms with Gasteiger partial charge >= 0.3 is 5.97 Å². The topological polar surface area (TPSA) is 40.5 Å². The molecule has 0 aromatic carbocycles. The van der Waals surface area contributed by atoms with Gasteiger partial charge in [-0.1, -0.05) is 0 Å². The van der Waals surface area contributed by atoms with Gasteiger partial charge in [0, 0.05) is 37.1 Å². The number of thioether (sulfide) groups is 1. The van der Waals surface area contributed by atoms with Crippen molar-refractivity contribution in [1.82, 2.24) is 4.90 Å². The molecule has 0 aromatic rings. The van der Waals surface area contributed by atoms with Crippen molar-refractivity contribution in [1.29, 1.82) is 0 Å². The van der Waals surface area contributed by atoms with E-state index in [2.05, 4.69) is 16.7 Å². The molecule has 0 aliphatic carbocycles. The molecule has 0 saturated carbocycles. The Labute approximate surface area is 95.2 Å². The van der Waals surface area contributed by atoms with Gasteiger partial charge in [-0.25, -0.2) is 0 Å². The van der Waals surface area contributed by atoms with Gasteiger partial charge in [-0.3, -0.25) is 9.69 Å². The van der Waals surface area contributed by atoms with Crippen molar-refractivity contribution in [3.63, 3.8) is 0 Å². The van der Waals surface area contributed by atoms with Crippen LogP contribution in [-0.2, 0) is 4.79 Å². The Balaban J connectivity index is 2.40. The molecule has 1 unspecified atom stereocenters. The highest BCUT2D eigenvalue weighted by atomic mass is 32.2. The third-order valence-corrected chi connectivity index (χ3v) is 3.55. The number of nitrogens with zero attached hydrogens (tertiary/aromatic N) is 1. The summed E-state index contributed by atoms with van der Waals surface area (Å²) in [6.07, 6.45) is 1.10. The van der Waals surface area contributed by atoms with Crippen molar-refractivity contribution in [2.24, 2.45) is 0 Å². The van der Waals surface area contributed by atoms with Crippen molar-refractivity contribution >= 4 is 17.7 Å². The molecule has 1 aliphatic rings.